The Morgan fingerprint density at radius 2 is 2.05 bits per heavy atom. The number of hydrogen-bond donors (Lipinski definition) is 1. The van der Waals surface area contributed by atoms with Crippen molar-refractivity contribution in [3.05, 3.63) is 35.9 Å². The van der Waals surface area contributed by atoms with Crippen molar-refractivity contribution in [1.29, 1.82) is 0 Å². The van der Waals surface area contributed by atoms with Crippen LogP contribution in [-0.4, -0.2) is 31.1 Å². The fraction of sp³-hybridized carbons (Fsp3) is 0.647. The molecule has 2 unspecified atom stereocenters. The number of nitrogens with one attached hydrogen (secondary N) is 1. The van der Waals surface area contributed by atoms with Crippen LogP contribution in [0, 0.1) is 0 Å². The zero-order chi connectivity index (χ0) is 13.5. The standard InChI is InChI=1S/C17H28N2/c1-3-9-17(15-10-5-4-6-11-15)19(2)14-16-12-7-8-13-18-16/h4-6,10-11,16-18H,3,7-9,12-14H2,1-2H3. The number of likely N-dealkylation sites (N-methyl/N-ethyl adjacent to an activating group) is 1. The molecule has 1 saturated heterocycles. The normalized spacial score (nSPS) is 21.5. The first-order valence-corrected chi connectivity index (χ1v) is 7.80. The molecular weight excluding hydrogens is 232 g/mol. The molecule has 1 aromatic carbocycles. The van der Waals surface area contributed by atoms with Gasteiger partial charge < -0.3 is 5.32 Å². The molecular formula is C17H28N2. The molecule has 2 rings (SSSR count). The largest absolute Gasteiger partial charge is 0.313 e. The minimum atomic E-state index is 0.565. The van der Waals surface area contributed by atoms with Crippen LogP contribution < -0.4 is 5.32 Å². The highest BCUT2D eigenvalue weighted by molar-refractivity contribution is 5.19. The topological polar surface area (TPSA) is 15.3 Å². The van der Waals surface area contributed by atoms with Crippen LogP contribution in [0.2, 0.25) is 0 Å². The number of piperidine rings is 1. The predicted octanol–water partition coefficient (Wildman–Crippen LogP) is 3.60. The zero-order valence-electron chi connectivity index (χ0n) is 12.4. The molecule has 1 aromatic rings. The van der Waals surface area contributed by atoms with Crippen molar-refractivity contribution in [2.45, 2.75) is 51.1 Å². The van der Waals surface area contributed by atoms with Crippen LogP contribution in [0.3, 0.4) is 0 Å². The van der Waals surface area contributed by atoms with Crippen molar-refractivity contribution in [1.82, 2.24) is 10.2 Å². The molecule has 0 aliphatic carbocycles. The first-order chi connectivity index (χ1) is 9.31. The van der Waals surface area contributed by atoms with E-state index in [1.165, 1.54) is 50.8 Å². The number of benzene rings is 1. The molecule has 0 aromatic heterocycles. The van der Waals surface area contributed by atoms with Crippen molar-refractivity contribution in [2.75, 3.05) is 20.1 Å². The number of hydrogen-bond acceptors (Lipinski definition) is 2. The molecule has 0 saturated carbocycles. The molecule has 0 radical (unpaired) electrons. The Balaban J connectivity index is 1.97. The molecule has 0 amide bonds. The summed E-state index contributed by atoms with van der Waals surface area (Å²) in [6, 6.07) is 12.2. The second kappa shape index (κ2) is 7.66. The van der Waals surface area contributed by atoms with Gasteiger partial charge >= 0.3 is 0 Å². The van der Waals surface area contributed by atoms with Gasteiger partial charge in [-0.25, -0.2) is 0 Å². The lowest BCUT2D eigenvalue weighted by Gasteiger charge is -2.33. The van der Waals surface area contributed by atoms with E-state index in [1.54, 1.807) is 0 Å². The second-order valence-electron chi connectivity index (χ2n) is 5.80. The molecule has 1 aliphatic rings. The van der Waals surface area contributed by atoms with Crippen molar-refractivity contribution < 1.29 is 0 Å². The third kappa shape index (κ3) is 4.32. The predicted molar refractivity (Wildman–Crippen MR) is 82.4 cm³/mol. The van der Waals surface area contributed by atoms with Gasteiger partial charge in [-0.1, -0.05) is 50.1 Å². The maximum Gasteiger partial charge on any atom is 0.0345 e. The maximum absolute atomic E-state index is 3.66. The van der Waals surface area contributed by atoms with Crippen LogP contribution in [0.15, 0.2) is 30.3 Å². The van der Waals surface area contributed by atoms with Crippen molar-refractivity contribution >= 4 is 0 Å². The molecule has 1 aliphatic heterocycles. The highest BCUT2D eigenvalue weighted by Gasteiger charge is 2.20. The Bertz CT molecular complexity index is 344. The summed E-state index contributed by atoms with van der Waals surface area (Å²) in [4.78, 5) is 2.54. The zero-order valence-corrected chi connectivity index (χ0v) is 12.4. The third-order valence-electron chi connectivity index (χ3n) is 4.20. The van der Waals surface area contributed by atoms with Gasteiger partial charge in [0.2, 0.25) is 0 Å². The van der Waals surface area contributed by atoms with Crippen molar-refractivity contribution in [3.63, 3.8) is 0 Å². The van der Waals surface area contributed by atoms with Gasteiger partial charge in [-0.3, -0.25) is 4.90 Å². The lowest BCUT2D eigenvalue weighted by molar-refractivity contribution is 0.194. The maximum atomic E-state index is 3.66. The van der Waals surface area contributed by atoms with Gasteiger partial charge in [0, 0.05) is 18.6 Å². The average molecular weight is 260 g/mol. The monoisotopic (exact) mass is 260 g/mol. The van der Waals surface area contributed by atoms with E-state index in [9.17, 15) is 0 Å². The Labute approximate surface area is 118 Å². The van der Waals surface area contributed by atoms with E-state index in [0.29, 0.717) is 12.1 Å². The van der Waals surface area contributed by atoms with E-state index in [4.69, 9.17) is 0 Å². The minimum absolute atomic E-state index is 0.565. The van der Waals surface area contributed by atoms with Gasteiger partial charge in [0.25, 0.3) is 0 Å². The Hall–Kier alpha value is -0.860. The summed E-state index contributed by atoms with van der Waals surface area (Å²) in [5.74, 6) is 0. The van der Waals surface area contributed by atoms with Gasteiger partial charge in [0.1, 0.15) is 0 Å². The Morgan fingerprint density at radius 3 is 2.68 bits per heavy atom. The van der Waals surface area contributed by atoms with Crippen LogP contribution >= 0.6 is 0 Å². The summed E-state index contributed by atoms with van der Waals surface area (Å²) >= 11 is 0. The van der Waals surface area contributed by atoms with E-state index >= 15 is 0 Å². The summed E-state index contributed by atoms with van der Waals surface area (Å²) in [5.41, 5.74) is 1.46. The fourth-order valence-corrected chi connectivity index (χ4v) is 3.14. The highest BCUT2D eigenvalue weighted by atomic mass is 15.2. The van der Waals surface area contributed by atoms with E-state index in [2.05, 4.69) is 54.5 Å². The Morgan fingerprint density at radius 1 is 1.26 bits per heavy atom. The van der Waals surface area contributed by atoms with E-state index in [-0.39, 0.29) is 0 Å². The quantitative estimate of drug-likeness (QED) is 0.840. The summed E-state index contributed by atoms with van der Waals surface area (Å²) in [7, 11) is 2.28. The van der Waals surface area contributed by atoms with Crippen molar-refractivity contribution in [2.24, 2.45) is 0 Å². The summed E-state index contributed by atoms with van der Waals surface area (Å²) < 4.78 is 0. The SMILES string of the molecule is CCCC(c1ccccc1)N(C)CC1CCCCN1. The molecule has 1 N–H and O–H groups in total. The van der Waals surface area contributed by atoms with Gasteiger partial charge in [0.05, 0.1) is 0 Å². The Kier molecular flexibility index (Phi) is 5.87. The summed E-state index contributed by atoms with van der Waals surface area (Å²) in [5, 5.41) is 3.66. The fourth-order valence-electron chi connectivity index (χ4n) is 3.14. The lowest BCUT2D eigenvalue weighted by Crippen LogP contribution is -2.43. The van der Waals surface area contributed by atoms with Gasteiger partial charge in [0.15, 0.2) is 0 Å². The molecule has 19 heavy (non-hydrogen) atoms. The lowest BCUT2D eigenvalue weighted by atomic mass is 9.99. The molecule has 1 heterocycles. The van der Waals surface area contributed by atoms with E-state index < -0.39 is 0 Å². The van der Waals surface area contributed by atoms with E-state index in [0.717, 1.165) is 0 Å². The molecule has 1 fully saturated rings. The molecule has 0 bridgehead atoms. The molecule has 106 valence electrons. The summed E-state index contributed by atoms with van der Waals surface area (Å²) in [6.45, 7) is 4.64. The first kappa shape index (κ1) is 14.5. The molecule has 0 spiro atoms. The molecule has 2 nitrogen and oxygen atoms in total. The van der Waals surface area contributed by atoms with E-state index in [1.807, 2.05) is 0 Å². The number of rotatable bonds is 6. The van der Waals surface area contributed by atoms with Crippen molar-refractivity contribution in [3.8, 4) is 0 Å². The second-order valence-corrected chi connectivity index (χ2v) is 5.80. The van der Waals surface area contributed by atoms with Gasteiger partial charge in [-0.05, 0) is 38.4 Å². The summed E-state index contributed by atoms with van der Waals surface area (Å²) in [6.07, 6.45) is 6.54. The highest BCUT2D eigenvalue weighted by Crippen LogP contribution is 2.25. The van der Waals surface area contributed by atoms with Crippen LogP contribution in [0.5, 0.6) is 0 Å². The van der Waals surface area contributed by atoms with Gasteiger partial charge in [-0.15, -0.1) is 0 Å². The third-order valence-corrected chi connectivity index (χ3v) is 4.20. The molecule has 2 atom stereocenters. The number of nitrogens with zero attached hydrogens (tertiary/aromatic N) is 1. The van der Waals surface area contributed by atoms with Crippen LogP contribution in [0.25, 0.3) is 0 Å². The van der Waals surface area contributed by atoms with Crippen LogP contribution in [0.1, 0.15) is 50.6 Å². The smallest absolute Gasteiger partial charge is 0.0345 e. The van der Waals surface area contributed by atoms with Crippen LogP contribution in [-0.2, 0) is 0 Å². The minimum Gasteiger partial charge on any atom is -0.313 e. The van der Waals surface area contributed by atoms with Gasteiger partial charge in [-0.2, -0.15) is 0 Å². The average Bonchev–Trinajstić information content (AvgIpc) is 2.46. The first-order valence-electron chi connectivity index (χ1n) is 7.80. The van der Waals surface area contributed by atoms with Crippen LogP contribution in [0.4, 0.5) is 0 Å². The molecule has 2 heteroatoms.